The average Bonchev–Trinajstić information content (AvgIpc) is 3.23. The summed E-state index contributed by atoms with van der Waals surface area (Å²) in [6, 6.07) is 5.53. The van der Waals surface area contributed by atoms with Crippen LogP contribution in [0.3, 0.4) is 0 Å². The van der Waals surface area contributed by atoms with Crippen molar-refractivity contribution in [2.24, 2.45) is 0 Å². The molecule has 0 radical (unpaired) electrons. The number of carbonyl (C=O) groups excluding carboxylic acids is 3. The number of hydrogen-bond acceptors (Lipinski definition) is 3. The van der Waals surface area contributed by atoms with Crippen LogP contribution < -0.4 is 15.1 Å². The highest BCUT2D eigenvalue weighted by atomic mass is 79.9. The van der Waals surface area contributed by atoms with Crippen LogP contribution in [0.1, 0.15) is 23.2 Å². The Bertz CT molecular complexity index is 657. The molecule has 22 heavy (non-hydrogen) atoms. The molecule has 0 saturated heterocycles. The van der Waals surface area contributed by atoms with Gasteiger partial charge >= 0.3 is 5.91 Å². The van der Waals surface area contributed by atoms with E-state index in [0.717, 1.165) is 22.2 Å². The van der Waals surface area contributed by atoms with Crippen LogP contribution in [0.25, 0.3) is 0 Å². The number of nitrogens with zero attached hydrogens (tertiary/aromatic N) is 1. The van der Waals surface area contributed by atoms with Gasteiger partial charge < -0.3 is 10.2 Å². The fourth-order valence-corrected chi connectivity index (χ4v) is 2.90. The summed E-state index contributed by atoms with van der Waals surface area (Å²) in [4.78, 5) is 38.3. The van der Waals surface area contributed by atoms with Crippen molar-refractivity contribution in [1.82, 2.24) is 5.32 Å². The molecule has 1 aromatic carbocycles. The number of amides is 2. The van der Waals surface area contributed by atoms with Gasteiger partial charge in [0.25, 0.3) is 11.7 Å². The molecular weight excluding hydrogens is 350 g/mol. The number of ketones is 1. The van der Waals surface area contributed by atoms with Crippen LogP contribution in [0.15, 0.2) is 22.7 Å². The second kappa shape index (κ2) is 5.81. The number of Topliss-reactive ketones (excluding diaryl/α,β-unsaturated/α-hetero) is 1. The molecule has 1 fully saturated rings. The number of rotatable bonds is 5. The van der Waals surface area contributed by atoms with E-state index in [1.165, 1.54) is 4.90 Å². The van der Waals surface area contributed by atoms with Crippen molar-refractivity contribution < 1.29 is 19.3 Å². The van der Waals surface area contributed by atoms with Gasteiger partial charge in [0, 0.05) is 10.5 Å². The number of benzene rings is 1. The maximum absolute atomic E-state index is 12.1. The number of carbonyl (C=O) groups is 3. The second-order valence-electron chi connectivity index (χ2n) is 5.86. The quantitative estimate of drug-likeness (QED) is 0.704. The predicted octanol–water partition coefficient (Wildman–Crippen LogP) is -0.271. The van der Waals surface area contributed by atoms with Gasteiger partial charge in [-0.25, -0.2) is 0 Å². The first-order chi connectivity index (χ1) is 10.5. The molecule has 1 heterocycles. The van der Waals surface area contributed by atoms with Crippen LogP contribution in [0, 0.1) is 0 Å². The average molecular weight is 367 g/mol. The Morgan fingerprint density at radius 2 is 2.14 bits per heavy atom. The fourth-order valence-electron chi connectivity index (χ4n) is 2.54. The molecule has 0 aromatic heterocycles. The van der Waals surface area contributed by atoms with Gasteiger partial charge in [-0.1, -0.05) is 15.9 Å². The zero-order valence-corrected chi connectivity index (χ0v) is 13.8. The van der Waals surface area contributed by atoms with Crippen molar-refractivity contribution >= 4 is 39.2 Å². The molecule has 1 saturated carbocycles. The maximum Gasteiger partial charge on any atom is 0.303 e. The highest BCUT2D eigenvalue weighted by molar-refractivity contribution is 9.10. The van der Waals surface area contributed by atoms with Crippen molar-refractivity contribution in [2.75, 3.05) is 25.2 Å². The van der Waals surface area contributed by atoms with E-state index in [1.807, 2.05) is 7.05 Å². The minimum Gasteiger partial charge on any atom is -0.348 e. The van der Waals surface area contributed by atoms with Gasteiger partial charge in [0.15, 0.2) is 13.2 Å². The molecule has 6 nitrogen and oxygen atoms in total. The van der Waals surface area contributed by atoms with E-state index in [2.05, 4.69) is 21.2 Å². The molecule has 2 N–H and O–H groups in total. The second-order valence-corrected chi connectivity index (χ2v) is 6.77. The maximum atomic E-state index is 12.1. The molecule has 1 atom stereocenters. The Hall–Kier alpha value is -1.73. The zero-order valence-electron chi connectivity index (χ0n) is 12.2. The van der Waals surface area contributed by atoms with Crippen LogP contribution in [0.5, 0.6) is 0 Å². The number of nitrogens with one attached hydrogen (secondary N) is 2. The van der Waals surface area contributed by atoms with Gasteiger partial charge in [-0.05, 0) is 31.0 Å². The smallest absolute Gasteiger partial charge is 0.303 e. The van der Waals surface area contributed by atoms with E-state index in [1.54, 1.807) is 18.2 Å². The highest BCUT2D eigenvalue weighted by Crippen LogP contribution is 2.30. The van der Waals surface area contributed by atoms with Crippen molar-refractivity contribution in [2.45, 2.75) is 18.9 Å². The Morgan fingerprint density at radius 1 is 1.41 bits per heavy atom. The third-order valence-electron chi connectivity index (χ3n) is 3.77. The minimum absolute atomic E-state index is 0.0194. The van der Waals surface area contributed by atoms with E-state index in [9.17, 15) is 14.4 Å². The van der Waals surface area contributed by atoms with Gasteiger partial charge in [0.2, 0.25) is 0 Å². The molecule has 116 valence electrons. The molecule has 1 aromatic rings. The normalized spacial score (nSPS) is 18.4. The number of hydrogen-bond donors (Lipinski definition) is 2. The number of likely N-dealkylation sites (N-methyl/N-ethyl adjacent to an activating group) is 1. The number of halogens is 1. The van der Waals surface area contributed by atoms with E-state index >= 15 is 0 Å². The van der Waals surface area contributed by atoms with Gasteiger partial charge in [0.05, 0.1) is 18.3 Å². The summed E-state index contributed by atoms with van der Waals surface area (Å²) >= 11 is 3.30. The summed E-state index contributed by atoms with van der Waals surface area (Å²) in [5.41, 5.74) is 1.02. The molecule has 0 spiro atoms. The first-order valence-electron chi connectivity index (χ1n) is 7.22. The minimum atomic E-state index is -0.532. The SMILES string of the molecule is C[NH+](CC(=O)NC1CC1)CN1C(=O)C(=O)c2cc(Br)ccc21. The molecule has 2 amide bonds. The van der Waals surface area contributed by atoms with E-state index < -0.39 is 11.7 Å². The summed E-state index contributed by atoms with van der Waals surface area (Å²) in [6.07, 6.45) is 2.10. The lowest BCUT2D eigenvalue weighted by Gasteiger charge is -2.21. The zero-order chi connectivity index (χ0) is 15.9. The summed E-state index contributed by atoms with van der Waals surface area (Å²) in [5.74, 6) is -1.05. The predicted molar refractivity (Wildman–Crippen MR) is 83.7 cm³/mol. The first-order valence-corrected chi connectivity index (χ1v) is 8.01. The van der Waals surface area contributed by atoms with Gasteiger partial charge in [-0.15, -0.1) is 0 Å². The largest absolute Gasteiger partial charge is 0.348 e. The van der Waals surface area contributed by atoms with Crippen LogP contribution in [0.2, 0.25) is 0 Å². The Labute approximate surface area is 136 Å². The molecule has 0 bridgehead atoms. The molecule has 1 unspecified atom stereocenters. The Morgan fingerprint density at radius 3 is 2.82 bits per heavy atom. The number of anilines is 1. The van der Waals surface area contributed by atoms with Crippen LogP contribution in [-0.4, -0.2) is 43.9 Å². The molecule has 1 aliphatic carbocycles. The van der Waals surface area contributed by atoms with Crippen LogP contribution >= 0.6 is 15.9 Å². The molecule has 1 aliphatic heterocycles. The Balaban J connectivity index is 1.68. The third-order valence-corrected chi connectivity index (χ3v) is 4.26. The Kier molecular flexibility index (Phi) is 4.01. The van der Waals surface area contributed by atoms with Gasteiger partial charge in [-0.3, -0.25) is 19.3 Å². The van der Waals surface area contributed by atoms with E-state index in [4.69, 9.17) is 0 Å². The van der Waals surface area contributed by atoms with Crippen LogP contribution in [0.4, 0.5) is 5.69 Å². The standard InChI is InChI=1S/C15H16BrN3O3/c1-18(7-13(20)17-10-3-4-10)8-19-12-5-2-9(16)6-11(12)14(21)15(19)22/h2,5-6,10H,3-4,7-8H2,1H3,(H,17,20)/p+1. The fraction of sp³-hybridized carbons (Fsp3) is 0.400. The molecule has 3 rings (SSSR count). The lowest BCUT2D eigenvalue weighted by molar-refractivity contribution is -0.869. The van der Waals surface area contributed by atoms with Gasteiger partial charge in [-0.2, -0.15) is 0 Å². The summed E-state index contributed by atoms with van der Waals surface area (Å²) in [7, 11) is 1.83. The monoisotopic (exact) mass is 366 g/mol. The number of fused-ring (bicyclic) bond motifs is 1. The van der Waals surface area contributed by atoms with Crippen LogP contribution in [-0.2, 0) is 9.59 Å². The topological polar surface area (TPSA) is 70.9 Å². The lowest BCUT2D eigenvalue weighted by Crippen LogP contribution is -3.12. The molecule has 7 heteroatoms. The third kappa shape index (κ3) is 3.05. The van der Waals surface area contributed by atoms with Gasteiger partial charge in [0.1, 0.15) is 0 Å². The number of quaternary nitrogens is 1. The van der Waals surface area contributed by atoms with E-state index in [-0.39, 0.29) is 19.1 Å². The molecular formula is C15H17BrN3O3+. The van der Waals surface area contributed by atoms with Crippen molar-refractivity contribution in [3.8, 4) is 0 Å². The summed E-state index contributed by atoms with van der Waals surface area (Å²) in [6.45, 7) is 0.567. The highest BCUT2D eigenvalue weighted by Gasteiger charge is 2.37. The summed E-state index contributed by atoms with van der Waals surface area (Å²) in [5, 5.41) is 2.92. The first kappa shape index (κ1) is 15.2. The summed E-state index contributed by atoms with van der Waals surface area (Å²) < 4.78 is 0.763. The van der Waals surface area contributed by atoms with E-state index in [0.29, 0.717) is 17.3 Å². The molecule has 2 aliphatic rings. The van der Waals surface area contributed by atoms with Crippen molar-refractivity contribution in [3.05, 3.63) is 28.2 Å². The van der Waals surface area contributed by atoms with Crippen molar-refractivity contribution in [1.29, 1.82) is 0 Å². The lowest BCUT2D eigenvalue weighted by atomic mass is 10.1. The van der Waals surface area contributed by atoms with Crippen molar-refractivity contribution in [3.63, 3.8) is 0 Å².